The number of fused-ring (bicyclic) bond motifs is 1. The summed E-state index contributed by atoms with van der Waals surface area (Å²) >= 11 is 1.47. The van der Waals surface area contributed by atoms with Crippen molar-refractivity contribution in [2.75, 3.05) is 23.3 Å². The number of nitrogens with two attached hydrogens (primary N) is 2. The average molecular weight is 287 g/mol. The lowest BCUT2D eigenvalue weighted by molar-refractivity contribution is 0.596. The van der Waals surface area contributed by atoms with Gasteiger partial charge in [0.1, 0.15) is 10.6 Å². The lowest BCUT2D eigenvalue weighted by Gasteiger charge is -2.06. The molecule has 0 aliphatic rings. The molecule has 2 aromatic rings. The SMILES string of the molecule is Nc1nc(NCCCS(N)(=O)=O)c2ccsc2n1. The van der Waals surface area contributed by atoms with Crippen LogP contribution in [0.1, 0.15) is 6.42 Å². The Labute approximate surface area is 108 Å². The highest BCUT2D eigenvalue weighted by Gasteiger charge is 2.07. The van der Waals surface area contributed by atoms with Gasteiger partial charge in [0, 0.05) is 6.54 Å². The summed E-state index contributed by atoms with van der Waals surface area (Å²) in [4.78, 5) is 8.98. The zero-order chi connectivity index (χ0) is 13.2. The van der Waals surface area contributed by atoms with Crippen LogP contribution in [0.4, 0.5) is 11.8 Å². The molecule has 2 heterocycles. The van der Waals surface area contributed by atoms with Crippen LogP contribution in [0.5, 0.6) is 0 Å². The number of aromatic nitrogens is 2. The molecule has 0 fully saturated rings. The molecule has 0 saturated heterocycles. The van der Waals surface area contributed by atoms with E-state index in [0.717, 1.165) is 10.2 Å². The fourth-order valence-electron chi connectivity index (χ4n) is 1.49. The van der Waals surface area contributed by atoms with E-state index in [9.17, 15) is 8.42 Å². The van der Waals surface area contributed by atoms with Crippen LogP contribution in [0, 0.1) is 0 Å². The molecule has 0 bridgehead atoms. The minimum Gasteiger partial charge on any atom is -0.369 e. The normalized spacial score (nSPS) is 11.8. The van der Waals surface area contributed by atoms with Crippen molar-refractivity contribution in [3.63, 3.8) is 0 Å². The molecular weight excluding hydrogens is 274 g/mol. The van der Waals surface area contributed by atoms with E-state index in [1.165, 1.54) is 11.3 Å². The van der Waals surface area contributed by atoms with Gasteiger partial charge in [-0.25, -0.2) is 18.5 Å². The molecule has 2 aromatic heterocycles. The molecule has 0 amide bonds. The molecule has 7 nitrogen and oxygen atoms in total. The summed E-state index contributed by atoms with van der Waals surface area (Å²) in [5, 5.41) is 10.7. The molecule has 0 saturated carbocycles. The number of hydrogen-bond acceptors (Lipinski definition) is 7. The van der Waals surface area contributed by atoms with Crippen molar-refractivity contribution in [3.8, 4) is 0 Å². The van der Waals surface area contributed by atoms with Crippen molar-refractivity contribution >= 4 is 43.3 Å². The fraction of sp³-hybridized carbons (Fsp3) is 0.333. The number of anilines is 2. The topological polar surface area (TPSA) is 124 Å². The minimum absolute atomic E-state index is 0.0622. The number of hydrogen-bond donors (Lipinski definition) is 3. The van der Waals surface area contributed by atoms with E-state index in [2.05, 4.69) is 15.3 Å². The Hall–Kier alpha value is -1.45. The van der Waals surface area contributed by atoms with Crippen molar-refractivity contribution in [2.24, 2.45) is 5.14 Å². The van der Waals surface area contributed by atoms with Gasteiger partial charge in [0.05, 0.1) is 11.1 Å². The molecule has 0 aliphatic heterocycles. The second-order valence-corrected chi connectivity index (χ2v) is 6.35. The van der Waals surface area contributed by atoms with Crippen molar-refractivity contribution < 1.29 is 8.42 Å². The standard InChI is InChI=1S/C9H13N5O2S2/c10-9-13-7(6-2-4-17-8(6)14-9)12-3-1-5-18(11,15)16/h2,4H,1,3,5H2,(H2,11,15,16)(H3,10,12,13,14). The first kappa shape index (κ1) is 13.0. The van der Waals surface area contributed by atoms with Crippen LogP contribution in [0.2, 0.25) is 0 Å². The number of nitrogen functional groups attached to an aromatic ring is 1. The van der Waals surface area contributed by atoms with Crippen molar-refractivity contribution in [3.05, 3.63) is 11.4 Å². The van der Waals surface area contributed by atoms with Gasteiger partial charge < -0.3 is 11.1 Å². The van der Waals surface area contributed by atoms with E-state index in [0.29, 0.717) is 18.8 Å². The van der Waals surface area contributed by atoms with Gasteiger partial charge in [-0.05, 0) is 17.9 Å². The Kier molecular flexibility index (Phi) is 3.64. The third-order valence-electron chi connectivity index (χ3n) is 2.24. The van der Waals surface area contributed by atoms with Crippen LogP contribution in [0.25, 0.3) is 10.2 Å². The zero-order valence-electron chi connectivity index (χ0n) is 9.46. The Balaban J connectivity index is 2.05. The van der Waals surface area contributed by atoms with E-state index < -0.39 is 10.0 Å². The molecule has 0 unspecified atom stereocenters. The van der Waals surface area contributed by atoms with Gasteiger partial charge in [-0.15, -0.1) is 11.3 Å². The number of primary sulfonamides is 1. The summed E-state index contributed by atoms with van der Waals surface area (Å²) < 4.78 is 21.5. The maximum atomic E-state index is 10.8. The van der Waals surface area contributed by atoms with Crippen LogP contribution in [0.3, 0.4) is 0 Å². The Morgan fingerprint density at radius 1 is 1.39 bits per heavy atom. The summed E-state index contributed by atoms with van der Waals surface area (Å²) in [5.41, 5.74) is 5.59. The molecule has 0 aromatic carbocycles. The molecule has 18 heavy (non-hydrogen) atoms. The summed E-state index contributed by atoms with van der Waals surface area (Å²) in [6.45, 7) is 0.456. The van der Waals surface area contributed by atoms with E-state index >= 15 is 0 Å². The van der Waals surface area contributed by atoms with Gasteiger partial charge in [-0.2, -0.15) is 4.98 Å². The molecule has 0 spiro atoms. The van der Waals surface area contributed by atoms with E-state index in [-0.39, 0.29) is 11.7 Å². The van der Waals surface area contributed by atoms with Gasteiger partial charge in [-0.1, -0.05) is 0 Å². The Morgan fingerprint density at radius 3 is 2.89 bits per heavy atom. The van der Waals surface area contributed by atoms with Crippen molar-refractivity contribution in [2.45, 2.75) is 6.42 Å². The van der Waals surface area contributed by atoms with E-state index in [1.54, 1.807) is 0 Å². The Morgan fingerprint density at radius 2 is 2.17 bits per heavy atom. The fourth-order valence-corrected chi connectivity index (χ4v) is 2.80. The second-order valence-electron chi connectivity index (χ2n) is 3.72. The number of sulfonamides is 1. The summed E-state index contributed by atoms with van der Waals surface area (Å²) in [5.74, 6) is 0.750. The van der Waals surface area contributed by atoms with Crippen LogP contribution in [-0.4, -0.2) is 30.7 Å². The monoisotopic (exact) mass is 287 g/mol. The van der Waals surface area contributed by atoms with E-state index in [4.69, 9.17) is 10.9 Å². The maximum Gasteiger partial charge on any atom is 0.223 e. The lowest BCUT2D eigenvalue weighted by atomic mass is 10.3. The third-order valence-corrected chi connectivity index (χ3v) is 3.90. The van der Waals surface area contributed by atoms with Gasteiger partial charge >= 0.3 is 0 Å². The Bertz CT molecular complexity index is 652. The van der Waals surface area contributed by atoms with Crippen LogP contribution in [-0.2, 0) is 10.0 Å². The number of rotatable bonds is 5. The molecule has 98 valence electrons. The third kappa shape index (κ3) is 3.28. The van der Waals surface area contributed by atoms with Gasteiger partial charge in [0.2, 0.25) is 16.0 Å². The summed E-state index contributed by atoms with van der Waals surface area (Å²) in [7, 11) is -3.41. The smallest absolute Gasteiger partial charge is 0.223 e. The predicted molar refractivity (Wildman–Crippen MR) is 72.9 cm³/mol. The van der Waals surface area contributed by atoms with Gasteiger partial charge in [0.25, 0.3) is 0 Å². The summed E-state index contributed by atoms with van der Waals surface area (Å²) in [6.07, 6.45) is 0.411. The molecule has 5 N–H and O–H groups in total. The molecule has 0 radical (unpaired) electrons. The maximum absolute atomic E-state index is 10.8. The highest BCUT2D eigenvalue weighted by Crippen LogP contribution is 2.25. The largest absolute Gasteiger partial charge is 0.369 e. The number of nitrogens with zero attached hydrogens (tertiary/aromatic N) is 2. The summed E-state index contributed by atoms with van der Waals surface area (Å²) in [6, 6.07) is 1.89. The van der Waals surface area contributed by atoms with Crippen LogP contribution >= 0.6 is 11.3 Å². The predicted octanol–water partition coefficient (Wildman–Crippen LogP) is 0.364. The molecule has 9 heteroatoms. The van der Waals surface area contributed by atoms with Gasteiger partial charge in [-0.3, -0.25) is 0 Å². The van der Waals surface area contributed by atoms with Crippen LogP contribution in [0.15, 0.2) is 11.4 Å². The quantitative estimate of drug-likeness (QED) is 0.682. The van der Waals surface area contributed by atoms with Crippen molar-refractivity contribution in [1.82, 2.24) is 9.97 Å². The zero-order valence-corrected chi connectivity index (χ0v) is 11.1. The first-order valence-corrected chi connectivity index (χ1v) is 7.80. The highest BCUT2D eigenvalue weighted by molar-refractivity contribution is 7.89. The lowest BCUT2D eigenvalue weighted by Crippen LogP contribution is -2.19. The number of nitrogens with one attached hydrogen (secondary N) is 1. The molecule has 2 rings (SSSR count). The average Bonchev–Trinajstić information content (AvgIpc) is 2.70. The molecule has 0 aliphatic carbocycles. The second kappa shape index (κ2) is 5.04. The first-order valence-electron chi connectivity index (χ1n) is 5.21. The molecule has 0 atom stereocenters. The highest BCUT2D eigenvalue weighted by atomic mass is 32.2. The number of thiophene rings is 1. The van der Waals surface area contributed by atoms with Gasteiger partial charge in [0.15, 0.2) is 0 Å². The minimum atomic E-state index is -3.41. The first-order chi connectivity index (χ1) is 8.46. The van der Waals surface area contributed by atoms with Crippen LogP contribution < -0.4 is 16.2 Å². The van der Waals surface area contributed by atoms with Crippen molar-refractivity contribution in [1.29, 1.82) is 0 Å². The van der Waals surface area contributed by atoms with E-state index in [1.807, 2.05) is 11.4 Å². The molecular formula is C9H13N5O2S2.